The minimum absolute atomic E-state index is 0.196. The number of rotatable bonds is 9. The van der Waals surface area contributed by atoms with Gasteiger partial charge in [-0.15, -0.1) is 0 Å². The van der Waals surface area contributed by atoms with Gasteiger partial charge >= 0.3 is 0 Å². The smallest absolute Gasteiger partial charge is 0.243 e. The zero-order chi connectivity index (χ0) is 21.9. The highest BCUT2D eigenvalue weighted by Crippen LogP contribution is 2.43. The minimum Gasteiger partial charge on any atom is -0.350 e. The van der Waals surface area contributed by atoms with Crippen LogP contribution < -0.4 is 9.80 Å². The van der Waals surface area contributed by atoms with Gasteiger partial charge in [0.15, 0.2) is 0 Å². The van der Waals surface area contributed by atoms with Crippen molar-refractivity contribution in [3.8, 4) is 0 Å². The van der Waals surface area contributed by atoms with Crippen molar-refractivity contribution >= 4 is 33.0 Å². The van der Waals surface area contributed by atoms with Gasteiger partial charge < -0.3 is 9.80 Å². The van der Waals surface area contributed by atoms with E-state index in [-0.39, 0.29) is 6.17 Å². The molecule has 0 fully saturated rings. The lowest BCUT2D eigenvalue weighted by molar-refractivity contribution is 0.445. The van der Waals surface area contributed by atoms with Crippen molar-refractivity contribution in [2.45, 2.75) is 58.1 Å². The van der Waals surface area contributed by atoms with Gasteiger partial charge in [-0.25, -0.2) is 8.42 Å². The molecule has 1 atom stereocenters. The molecule has 0 unspecified atom stereocenters. The molecule has 0 aromatic heterocycles. The summed E-state index contributed by atoms with van der Waals surface area (Å²) in [5, 5.41) is 0.716. The summed E-state index contributed by atoms with van der Waals surface area (Å²) >= 11 is 6.06. The third-order valence-corrected chi connectivity index (χ3v) is 8.02. The van der Waals surface area contributed by atoms with E-state index in [1.807, 2.05) is 50.2 Å². The van der Waals surface area contributed by atoms with Crippen molar-refractivity contribution in [3.05, 3.63) is 53.1 Å². The second-order valence-electron chi connectivity index (χ2n) is 7.58. The molecule has 0 saturated heterocycles. The lowest BCUT2D eigenvalue weighted by Gasteiger charge is -2.32. The molecule has 0 aliphatic carbocycles. The van der Waals surface area contributed by atoms with E-state index >= 15 is 0 Å². The summed E-state index contributed by atoms with van der Waals surface area (Å²) in [5.74, 6) is 0. The molecule has 2 aromatic rings. The number of anilines is 2. The van der Waals surface area contributed by atoms with E-state index in [0.29, 0.717) is 29.6 Å². The van der Waals surface area contributed by atoms with Gasteiger partial charge in [-0.1, -0.05) is 51.4 Å². The van der Waals surface area contributed by atoms with Crippen LogP contribution in [0.3, 0.4) is 0 Å². The highest BCUT2D eigenvalue weighted by Gasteiger charge is 2.35. The standard InChI is InChI=1S/C23H32ClN3O2S/c1-5-15-26-21-14-13-20(30(28,29)25(7-3)8-4)16-22(21)27(23(26)6-2)17-18-9-11-19(24)12-10-18/h9-14,16,23H,5-8,15,17H2,1-4H3/t23-/m1/s1. The molecule has 0 spiro atoms. The molecular weight excluding hydrogens is 418 g/mol. The summed E-state index contributed by atoms with van der Waals surface area (Å²) in [5.41, 5.74) is 3.24. The Morgan fingerprint density at radius 2 is 1.60 bits per heavy atom. The summed E-state index contributed by atoms with van der Waals surface area (Å²) in [7, 11) is -3.51. The predicted molar refractivity (Wildman–Crippen MR) is 126 cm³/mol. The van der Waals surface area contributed by atoms with Crippen LogP contribution in [0.4, 0.5) is 11.4 Å². The maximum absolute atomic E-state index is 13.1. The molecule has 0 N–H and O–H groups in total. The summed E-state index contributed by atoms with van der Waals surface area (Å²) in [4.78, 5) is 5.09. The first-order valence-corrected chi connectivity index (χ1v) is 12.6. The number of benzene rings is 2. The molecule has 5 nitrogen and oxygen atoms in total. The molecule has 2 aromatic carbocycles. The zero-order valence-corrected chi connectivity index (χ0v) is 19.9. The Hall–Kier alpha value is -1.76. The molecule has 164 valence electrons. The average molecular weight is 450 g/mol. The van der Waals surface area contributed by atoms with Gasteiger partial charge in [-0.3, -0.25) is 0 Å². The van der Waals surface area contributed by atoms with Gasteiger partial charge in [-0.05, 0) is 48.7 Å². The van der Waals surface area contributed by atoms with Crippen LogP contribution in [0.5, 0.6) is 0 Å². The van der Waals surface area contributed by atoms with E-state index in [1.165, 1.54) is 4.31 Å². The quantitative estimate of drug-likeness (QED) is 0.518. The van der Waals surface area contributed by atoms with Crippen molar-refractivity contribution < 1.29 is 8.42 Å². The van der Waals surface area contributed by atoms with Gasteiger partial charge in [0.2, 0.25) is 10.0 Å². The first kappa shape index (κ1) is 22.9. The molecule has 0 bridgehead atoms. The molecule has 1 aliphatic rings. The second-order valence-corrected chi connectivity index (χ2v) is 9.95. The minimum atomic E-state index is -3.51. The predicted octanol–water partition coefficient (Wildman–Crippen LogP) is 5.34. The molecule has 3 rings (SSSR count). The average Bonchev–Trinajstić information content (AvgIpc) is 3.02. The monoisotopic (exact) mass is 449 g/mol. The fourth-order valence-electron chi connectivity index (χ4n) is 4.27. The Morgan fingerprint density at radius 1 is 0.933 bits per heavy atom. The van der Waals surface area contributed by atoms with Crippen molar-refractivity contribution in [2.24, 2.45) is 0 Å². The van der Waals surface area contributed by atoms with Crippen molar-refractivity contribution in [1.29, 1.82) is 0 Å². The number of sulfonamides is 1. The lowest BCUT2D eigenvalue weighted by atomic mass is 10.2. The Balaban J connectivity index is 2.07. The molecule has 0 amide bonds. The molecular formula is C23H32ClN3O2S. The van der Waals surface area contributed by atoms with Crippen LogP contribution in [0, 0.1) is 0 Å². The maximum atomic E-state index is 13.1. The van der Waals surface area contributed by atoms with Crippen LogP contribution >= 0.6 is 11.6 Å². The highest BCUT2D eigenvalue weighted by atomic mass is 35.5. The topological polar surface area (TPSA) is 43.9 Å². The Morgan fingerprint density at radius 3 is 2.17 bits per heavy atom. The van der Waals surface area contributed by atoms with Crippen LogP contribution in [0.1, 0.15) is 46.1 Å². The van der Waals surface area contributed by atoms with Crippen molar-refractivity contribution in [3.63, 3.8) is 0 Å². The van der Waals surface area contributed by atoms with E-state index < -0.39 is 10.0 Å². The van der Waals surface area contributed by atoms with Gasteiger partial charge in [0.1, 0.15) is 6.17 Å². The fourth-order valence-corrected chi connectivity index (χ4v) is 5.87. The van der Waals surface area contributed by atoms with Crippen LogP contribution in [-0.4, -0.2) is 38.5 Å². The van der Waals surface area contributed by atoms with Crippen LogP contribution in [-0.2, 0) is 16.6 Å². The molecule has 30 heavy (non-hydrogen) atoms. The summed E-state index contributed by atoms with van der Waals surface area (Å²) in [6, 6.07) is 13.5. The summed E-state index contributed by atoms with van der Waals surface area (Å²) in [6.07, 6.45) is 2.17. The van der Waals surface area contributed by atoms with Crippen molar-refractivity contribution in [1.82, 2.24) is 4.31 Å². The molecule has 1 heterocycles. The Labute approximate surface area is 186 Å². The van der Waals surface area contributed by atoms with E-state index in [0.717, 1.165) is 36.3 Å². The first-order valence-electron chi connectivity index (χ1n) is 10.8. The van der Waals surface area contributed by atoms with Gasteiger partial charge in [-0.2, -0.15) is 4.31 Å². The normalized spacial score (nSPS) is 16.4. The fraction of sp³-hybridized carbons (Fsp3) is 0.478. The number of halogens is 1. The van der Waals surface area contributed by atoms with Crippen molar-refractivity contribution in [2.75, 3.05) is 29.4 Å². The van der Waals surface area contributed by atoms with Gasteiger partial charge in [0.25, 0.3) is 0 Å². The summed E-state index contributed by atoms with van der Waals surface area (Å²) in [6.45, 7) is 10.7. The SMILES string of the molecule is CCCN1c2ccc(S(=O)(=O)N(CC)CC)cc2N(Cc2ccc(Cl)cc2)[C@@H]1CC. The van der Waals surface area contributed by atoms with Gasteiger partial charge in [0.05, 0.1) is 16.3 Å². The Bertz CT molecular complexity index is 959. The van der Waals surface area contributed by atoms with Crippen LogP contribution in [0.2, 0.25) is 5.02 Å². The lowest BCUT2D eigenvalue weighted by Crippen LogP contribution is -2.42. The highest BCUT2D eigenvalue weighted by molar-refractivity contribution is 7.89. The largest absolute Gasteiger partial charge is 0.350 e. The second kappa shape index (κ2) is 9.58. The van der Waals surface area contributed by atoms with E-state index in [2.05, 4.69) is 23.6 Å². The van der Waals surface area contributed by atoms with E-state index in [4.69, 9.17) is 11.6 Å². The van der Waals surface area contributed by atoms with Gasteiger partial charge in [0, 0.05) is 31.2 Å². The van der Waals surface area contributed by atoms with Crippen LogP contribution in [0.25, 0.3) is 0 Å². The number of hydrogen-bond donors (Lipinski definition) is 0. The molecule has 1 aliphatic heterocycles. The Kier molecular flexibility index (Phi) is 7.32. The van der Waals surface area contributed by atoms with Crippen LogP contribution in [0.15, 0.2) is 47.4 Å². The number of fused-ring (bicyclic) bond motifs is 1. The summed E-state index contributed by atoms with van der Waals surface area (Å²) < 4.78 is 27.8. The first-order chi connectivity index (χ1) is 14.4. The molecule has 0 saturated carbocycles. The third-order valence-electron chi connectivity index (χ3n) is 5.72. The number of nitrogens with zero attached hydrogens (tertiary/aromatic N) is 3. The molecule has 0 radical (unpaired) electrons. The van der Waals surface area contributed by atoms with E-state index in [1.54, 1.807) is 6.07 Å². The third kappa shape index (κ3) is 4.32. The van der Waals surface area contributed by atoms with E-state index in [9.17, 15) is 8.42 Å². The molecule has 7 heteroatoms. The maximum Gasteiger partial charge on any atom is 0.243 e. The number of hydrogen-bond acceptors (Lipinski definition) is 4. The zero-order valence-electron chi connectivity index (χ0n) is 18.3.